The van der Waals surface area contributed by atoms with Gasteiger partial charge in [0.15, 0.2) is 5.78 Å². The Labute approximate surface area is 199 Å². The van der Waals surface area contributed by atoms with Gasteiger partial charge in [0.2, 0.25) is 5.91 Å². The zero-order valence-corrected chi connectivity index (χ0v) is 18.9. The first kappa shape index (κ1) is 22.2. The molecule has 0 bridgehead atoms. The van der Waals surface area contributed by atoms with Gasteiger partial charge in [-0.1, -0.05) is 28.8 Å². The highest BCUT2D eigenvalue weighted by atomic mass is 32.1. The van der Waals surface area contributed by atoms with Crippen LogP contribution in [-0.2, 0) is 20.7 Å². The molecule has 34 heavy (non-hydrogen) atoms. The predicted octanol–water partition coefficient (Wildman–Crippen LogP) is 1.82. The lowest BCUT2D eigenvalue weighted by molar-refractivity contribution is -0.138. The van der Waals surface area contributed by atoms with Crippen LogP contribution < -0.4 is 5.32 Å². The molecule has 2 saturated heterocycles. The van der Waals surface area contributed by atoms with Crippen molar-refractivity contribution in [1.29, 1.82) is 0 Å². The molecule has 0 aliphatic carbocycles. The van der Waals surface area contributed by atoms with Gasteiger partial charge in [0.25, 0.3) is 5.91 Å². The van der Waals surface area contributed by atoms with Gasteiger partial charge in [0.1, 0.15) is 24.4 Å². The van der Waals surface area contributed by atoms with E-state index < -0.39 is 18.0 Å². The second-order valence-electron chi connectivity index (χ2n) is 8.34. The largest absolute Gasteiger partial charge is 0.508 e. The highest BCUT2D eigenvalue weighted by molar-refractivity contribution is 7.09. The summed E-state index contributed by atoms with van der Waals surface area (Å²) in [5, 5.41) is 16.3. The number of likely N-dealkylation sites (tertiary alicyclic amines) is 1. The van der Waals surface area contributed by atoms with E-state index in [1.807, 2.05) is 0 Å². The number of aromatic hydroxyl groups is 1. The number of benzene rings is 2. The summed E-state index contributed by atoms with van der Waals surface area (Å²) in [6.07, 6.45) is 2.19. The molecule has 3 atom stereocenters. The summed E-state index contributed by atoms with van der Waals surface area (Å²) in [6.45, 7) is 0.412. The second kappa shape index (κ2) is 9.32. The molecule has 0 spiro atoms. The second-order valence-corrected chi connectivity index (χ2v) is 9.12. The SMILES string of the molecule is O=C(NC(Cc1ccc(O)cc1)C(=O)N1CCC2OCC(=O)C21)c1ccc(-c2cnns2)cc1. The molecular weight excluding hydrogens is 456 g/mol. The topological polar surface area (TPSA) is 122 Å². The molecule has 2 amide bonds. The number of ether oxygens (including phenoxy) is 1. The third kappa shape index (κ3) is 4.42. The maximum atomic E-state index is 13.5. The quantitative estimate of drug-likeness (QED) is 0.554. The highest BCUT2D eigenvalue weighted by Crippen LogP contribution is 2.28. The minimum absolute atomic E-state index is 0.00965. The Bertz CT molecular complexity index is 1200. The summed E-state index contributed by atoms with van der Waals surface area (Å²) in [6, 6.07) is 12.0. The van der Waals surface area contributed by atoms with Crippen molar-refractivity contribution in [2.24, 2.45) is 0 Å². The van der Waals surface area contributed by atoms with Crippen LogP contribution in [0.3, 0.4) is 0 Å². The van der Waals surface area contributed by atoms with Crippen molar-refractivity contribution in [3.8, 4) is 16.2 Å². The van der Waals surface area contributed by atoms with Crippen molar-refractivity contribution in [3.05, 3.63) is 65.9 Å². The fourth-order valence-electron chi connectivity index (χ4n) is 4.43. The van der Waals surface area contributed by atoms with E-state index in [9.17, 15) is 19.5 Å². The Hall–Kier alpha value is -3.63. The standard InChI is InChI=1S/C24H22N4O5S/c29-17-7-1-14(2-8-17)11-18(24(32)28-10-9-20-22(28)19(30)13-33-20)26-23(31)16-5-3-15(4-6-16)21-12-25-27-34-21/h1-8,12,18,20,22,29H,9-11,13H2,(H,26,31). The van der Waals surface area contributed by atoms with E-state index in [1.165, 1.54) is 28.6 Å². The summed E-state index contributed by atoms with van der Waals surface area (Å²) in [5.74, 6) is -0.710. The van der Waals surface area contributed by atoms with Crippen molar-refractivity contribution < 1.29 is 24.2 Å². The number of phenols is 1. The molecule has 2 aliphatic heterocycles. The van der Waals surface area contributed by atoms with E-state index in [4.69, 9.17) is 4.74 Å². The van der Waals surface area contributed by atoms with Crippen LogP contribution in [0.4, 0.5) is 0 Å². The molecular formula is C24H22N4O5S. The van der Waals surface area contributed by atoms with Crippen LogP contribution in [0.25, 0.3) is 10.4 Å². The van der Waals surface area contributed by atoms with Crippen molar-refractivity contribution >= 4 is 29.1 Å². The molecule has 5 rings (SSSR count). The number of hydrogen-bond donors (Lipinski definition) is 2. The van der Waals surface area contributed by atoms with Gasteiger partial charge >= 0.3 is 0 Å². The Balaban J connectivity index is 1.36. The predicted molar refractivity (Wildman–Crippen MR) is 123 cm³/mol. The molecule has 3 aromatic rings. The van der Waals surface area contributed by atoms with Gasteiger partial charge in [0.05, 0.1) is 17.2 Å². The minimum Gasteiger partial charge on any atom is -0.508 e. The van der Waals surface area contributed by atoms with Crippen molar-refractivity contribution in [2.45, 2.75) is 31.0 Å². The molecule has 2 fully saturated rings. The van der Waals surface area contributed by atoms with Gasteiger partial charge in [-0.25, -0.2) is 0 Å². The number of amides is 2. The summed E-state index contributed by atoms with van der Waals surface area (Å²) in [4.78, 5) is 41.3. The van der Waals surface area contributed by atoms with Gasteiger partial charge in [-0.05, 0) is 53.3 Å². The van der Waals surface area contributed by atoms with Crippen molar-refractivity contribution in [1.82, 2.24) is 19.8 Å². The first-order valence-corrected chi connectivity index (χ1v) is 11.7. The molecule has 3 heterocycles. The van der Waals surface area contributed by atoms with Crippen LogP contribution in [0.2, 0.25) is 0 Å². The lowest BCUT2D eigenvalue weighted by Crippen LogP contribution is -2.53. The first-order valence-electron chi connectivity index (χ1n) is 10.9. The maximum Gasteiger partial charge on any atom is 0.251 e. The van der Waals surface area contributed by atoms with Crippen LogP contribution in [0.1, 0.15) is 22.3 Å². The monoisotopic (exact) mass is 478 g/mol. The Kier molecular flexibility index (Phi) is 6.08. The van der Waals surface area contributed by atoms with Gasteiger partial charge in [0, 0.05) is 18.5 Å². The zero-order chi connectivity index (χ0) is 23.7. The average molecular weight is 479 g/mol. The number of fused-ring (bicyclic) bond motifs is 1. The zero-order valence-electron chi connectivity index (χ0n) is 18.1. The first-order chi connectivity index (χ1) is 16.5. The molecule has 0 radical (unpaired) electrons. The van der Waals surface area contributed by atoms with Gasteiger partial charge in [-0.15, -0.1) is 5.10 Å². The molecule has 2 aromatic carbocycles. The number of nitrogens with zero attached hydrogens (tertiary/aromatic N) is 3. The lowest BCUT2D eigenvalue weighted by atomic mass is 10.0. The van der Waals surface area contributed by atoms with E-state index in [0.717, 1.165) is 16.0 Å². The molecule has 3 unspecified atom stereocenters. The minimum atomic E-state index is -0.880. The number of phenolic OH excluding ortho intramolecular Hbond substituents is 1. The van der Waals surface area contributed by atoms with Crippen molar-refractivity contribution in [2.75, 3.05) is 13.2 Å². The van der Waals surface area contributed by atoms with Gasteiger partial charge in [-0.3, -0.25) is 14.4 Å². The fraction of sp³-hybridized carbons (Fsp3) is 0.292. The summed E-state index contributed by atoms with van der Waals surface area (Å²) in [5.41, 5.74) is 2.07. The number of aromatic nitrogens is 2. The molecule has 0 saturated carbocycles. The number of carbonyl (C=O) groups excluding carboxylic acids is 3. The number of carbonyl (C=O) groups is 3. The Morgan fingerprint density at radius 3 is 2.65 bits per heavy atom. The Morgan fingerprint density at radius 2 is 1.94 bits per heavy atom. The third-order valence-electron chi connectivity index (χ3n) is 6.17. The molecule has 2 aliphatic rings. The highest BCUT2D eigenvalue weighted by Gasteiger charge is 2.48. The summed E-state index contributed by atoms with van der Waals surface area (Å²) < 4.78 is 9.35. The van der Waals surface area contributed by atoms with E-state index in [0.29, 0.717) is 18.5 Å². The van der Waals surface area contributed by atoms with Crippen LogP contribution >= 0.6 is 11.5 Å². The van der Waals surface area contributed by atoms with E-state index in [-0.39, 0.29) is 36.6 Å². The summed E-state index contributed by atoms with van der Waals surface area (Å²) >= 11 is 1.26. The van der Waals surface area contributed by atoms with Crippen molar-refractivity contribution in [3.63, 3.8) is 0 Å². The molecule has 10 heteroatoms. The fourth-order valence-corrected chi connectivity index (χ4v) is 4.95. The Morgan fingerprint density at radius 1 is 1.18 bits per heavy atom. The summed E-state index contributed by atoms with van der Waals surface area (Å²) in [7, 11) is 0. The number of rotatable bonds is 6. The van der Waals surface area contributed by atoms with Crippen LogP contribution in [0.15, 0.2) is 54.7 Å². The van der Waals surface area contributed by atoms with Gasteiger partial charge in [-0.2, -0.15) is 0 Å². The molecule has 174 valence electrons. The smallest absolute Gasteiger partial charge is 0.251 e. The van der Waals surface area contributed by atoms with E-state index in [1.54, 1.807) is 42.6 Å². The number of hydrogen-bond acceptors (Lipinski definition) is 8. The van der Waals surface area contributed by atoms with E-state index >= 15 is 0 Å². The van der Waals surface area contributed by atoms with Crippen LogP contribution in [0, 0.1) is 0 Å². The van der Waals surface area contributed by atoms with Crippen LogP contribution in [0.5, 0.6) is 5.75 Å². The van der Waals surface area contributed by atoms with Crippen LogP contribution in [-0.4, -0.2) is 68.5 Å². The number of nitrogens with one attached hydrogen (secondary N) is 1. The molecule has 1 aromatic heterocycles. The maximum absolute atomic E-state index is 13.5. The molecule has 9 nitrogen and oxygen atoms in total. The number of ketones is 1. The lowest BCUT2D eigenvalue weighted by Gasteiger charge is -2.27. The van der Waals surface area contributed by atoms with E-state index in [2.05, 4.69) is 14.9 Å². The third-order valence-corrected chi connectivity index (χ3v) is 6.88. The van der Waals surface area contributed by atoms with Gasteiger partial charge < -0.3 is 20.1 Å². The molecule has 2 N–H and O–H groups in total. The number of Topliss-reactive ketones (excluding diaryl/α,β-unsaturated/α-hetero) is 1. The average Bonchev–Trinajstić information content (AvgIpc) is 3.60. The normalized spacial score (nSPS) is 20.2.